The van der Waals surface area contributed by atoms with Crippen LogP contribution < -0.4 is 5.32 Å². The number of rotatable bonds is 5. The molecule has 1 saturated carbocycles. The summed E-state index contributed by atoms with van der Waals surface area (Å²) < 4.78 is 27.2. The molecule has 1 fully saturated rings. The summed E-state index contributed by atoms with van der Waals surface area (Å²) in [4.78, 5) is 16.6. The molecular formula is C17H29N3O3S. The molecule has 1 aliphatic carbocycles. The molecule has 2 rings (SSSR count). The van der Waals surface area contributed by atoms with E-state index in [9.17, 15) is 13.2 Å². The minimum absolute atomic E-state index is 0.0365. The van der Waals surface area contributed by atoms with Gasteiger partial charge in [0.1, 0.15) is 5.25 Å². The first-order valence-electron chi connectivity index (χ1n) is 8.72. The number of carbonyl (C=O) groups excluding carboxylic acids is 1. The zero-order valence-corrected chi connectivity index (χ0v) is 16.1. The standard InChI is InChI=1S/C17H29N3O3S/c1-11(2)15-10-18-17(20(15)5)24(22,23)13(4)16(21)19-14-9-7-6-8-12(14)3/h10-14H,6-9H2,1-5H3,(H,19,21). The summed E-state index contributed by atoms with van der Waals surface area (Å²) in [6.07, 6.45) is 5.81. The summed E-state index contributed by atoms with van der Waals surface area (Å²) in [6, 6.07) is 0.0662. The van der Waals surface area contributed by atoms with Crippen molar-refractivity contribution in [2.45, 2.75) is 75.7 Å². The van der Waals surface area contributed by atoms with Gasteiger partial charge in [-0.15, -0.1) is 0 Å². The Morgan fingerprint density at radius 2 is 1.92 bits per heavy atom. The van der Waals surface area contributed by atoms with Crippen molar-refractivity contribution in [3.63, 3.8) is 0 Å². The maximum atomic E-state index is 12.8. The average Bonchev–Trinajstić information content (AvgIpc) is 2.91. The Morgan fingerprint density at radius 3 is 2.46 bits per heavy atom. The van der Waals surface area contributed by atoms with Gasteiger partial charge in [0, 0.05) is 25.0 Å². The molecular weight excluding hydrogens is 326 g/mol. The summed E-state index contributed by atoms with van der Waals surface area (Å²) in [5.74, 6) is 0.125. The lowest BCUT2D eigenvalue weighted by Crippen LogP contribution is -2.47. The second-order valence-electron chi connectivity index (χ2n) is 7.24. The van der Waals surface area contributed by atoms with Crippen LogP contribution in [-0.2, 0) is 21.7 Å². The van der Waals surface area contributed by atoms with E-state index in [4.69, 9.17) is 0 Å². The molecule has 3 atom stereocenters. The fourth-order valence-corrected chi connectivity index (χ4v) is 4.69. The highest BCUT2D eigenvalue weighted by atomic mass is 32.2. The molecule has 1 N–H and O–H groups in total. The minimum Gasteiger partial charge on any atom is -0.352 e. The van der Waals surface area contributed by atoms with Crippen molar-refractivity contribution in [3.05, 3.63) is 11.9 Å². The highest BCUT2D eigenvalue weighted by molar-refractivity contribution is 7.92. The molecule has 0 aliphatic heterocycles. The fraction of sp³-hybridized carbons (Fsp3) is 0.765. The summed E-state index contributed by atoms with van der Waals surface area (Å²) in [7, 11) is -2.13. The third-order valence-electron chi connectivity index (χ3n) is 5.10. The molecule has 1 heterocycles. The zero-order chi connectivity index (χ0) is 18.1. The van der Waals surface area contributed by atoms with Crippen LogP contribution in [0.1, 0.15) is 65.0 Å². The molecule has 1 amide bonds. The quantitative estimate of drug-likeness (QED) is 0.879. The van der Waals surface area contributed by atoms with Crippen molar-refractivity contribution in [1.29, 1.82) is 0 Å². The van der Waals surface area contributed by atoms with Gasteiger partial charge in [-0.1, -0.05) is 33.6 Å². The Hall–Kier alpha value is -1.37. The van der Waals surface area contributed by atoms with Gasteiger partial charge in [0.25, 0.3) is 0 Å². The Labute approximate surface area is 145 Å². The lowest BCUT2D eigenvalue weighted by Gasteiger charge is -2.30. The summed E-state index contributed by atoms with van der Waals surface area (Å²) in [5.41, 5.74) is 0.835. The van der Waals surface area contributed by atoms with Crippen LogP contribution in [0.3, 0.4) is 0 Å². The zero-order valence-electron chi connectivity index (χ0n) is 15.2. The van der Waals surface area contributed by atoms with Gasteiger partial charge in [0.2, 0.25) is 20.9 Å². The number of hydrogen-bond acceptors (Lipinski definition) is 4. The minimum atomic E-state index is -3.81. The lowest BCUT2D eigenvalue weighted by molar-refractivity contribution is -0.121. The topological polar surface area (TPSA) is 81.1 Å². The molecule has 0 spiro atoms. The first-order valence-corrected chi connectivity index (χ1v) is 10.3. The van der Waals surface area contributed by atoms with E-state index in [1.807, 2.05) is 13.8 Å². The maximum Gasteiger partial charge on any atom is 0.238 e. The molecule has 1 aliphatic rings. The number of nitrogens with one attached hydrogen (secondary N) is 1. The van der Waals surface area contributed by atoms with Gasteiger partial charge < -0.3 is 9.88 Å². The molecule has 1 aromatic heterocycles. The molecule has 136 valence electrons. The Balaban J connectivity index is 2.17. The first kappa shape index (κ1) is 19.0. The van der Waals surface area contributed by atoms with Crippen molar-refractivity contribution in [3.8, 4) is 0 Å². The van der Waals surface area contributed by atoms with Crippen molar-refractivity contribution >= 4 is 15.7 Å². The lowest BCUT2D eigenvalue weighted by atomic mass is 9.86. The smallest absolute Gasteiger partial charge is 0.238 e. The van der Waals surface area contributed by atoms with E-state index in [2.05, 4.69) is 17.2 Å². The number of amides is 1. The molecule has 24 heavy (non-hydrogen) atoms. The van der Waals surface area contributed by atoms with Gasteiger partial charge in [-0.05, 0) is 31.6 Å². The maximum absolute atomic E-state index is 12.8. The molecule has 0 saturated heterocycles. The van der Waals surface area contributed by atoms with E-state index in [0.29, 0.717) is 5.92 Å². The first-order chi connectivity index (χ1) is 11.2. The van der Waals surface area contributed by atoms with Crippen LogP contribution in [0.2, 0.25) is 0 Å². The fourth-order valence-electron chi connectivity index (χ4n) is 3.34. The molecule has 0 aromatic carbocycles. The number of hydrogen-bond donors (Lipinski definition) is 1. The largest absolute Gasteiger partial charge is 0.352 e. The van der Waals surface area contributed by atoms with Crippen LogP contribution in [0.15, 0.2) is 11.4 Å². The normalized spacial score (nSPS) is 23.2. The van der Waals surface area contributed by atoms with Crippen LogP contribution in [-0.4, -0.2) is 35.2 Å². The van der Waals surface area contributed by atoms with Crippen LogP contribution in [0.25, 0.3) is 0 Å². The van der Waals surface area contributed by atoms with Crippen LogP contribution in [0.5, 0.6) is 0 Å². The number of nitrogens with zero attached hydrogens (tertiary/aromatic N) is 2. The molecule has 3 unspecified atom stereocenters. The Bertz CT molecular complexity index is 694. The van der Waals surface area contributed by atoms with E-state index in [1.54, 1.807) is 17.8 Å². The van der Waals surface area contributed by atoms with Crippen LogP contribution in [0.4, 0.5) is 0 Å². The molecule has 1 aromatic rings. The number of sulfone groups is 1. The molecule has 0 radical (unpaired) electrons. The highest BCUT2D eigenvalue weighted by Gasteiger charge is 2.35. The van der Waals surface area contributed by atoms with Crippen molar-refractivity contribution < 1.29 is 13.2 Å². The third-order valence-corrected chi connectivity index (χ3v) is 7.13. The predicted molar refractivity (Wildman–Crippen MR) is 93.5 cm³/mol. The number of carbonyl (C=O) groups is 1. The average molecular weight is 356 g/mol. The van der Waals surface area contributed by atoms with Gasteiger partial charge >= 0.3 is 0 Å². The van der Waals surface area contributed by atoms with Crippen molar-refractivity contribution in [2.24, 2.45) is 13.0 Å². The van der Waals surface area contributed by atoms with E-state index in [1.165, 1.54) is 13.3 Å². The third kappa shape index (κ3) is 3.66. The van der Waals surface area contributed by atoms with Gasteiger partial charge in [-0.3, -0.25) is 4.79 Å². The van der Waals surface area contributed by atoms with E-state index < -0.39 is 21.0 Å². The molecule has 0 bridgehead atoms. The molecule has 7 heteroatoms. The monoisotopic (exact) mass is 355 g/mol. The second-order valence-corrected chi connectivity index (χ2v) is 9.41. The van der Waals surface area contributed by atoms with Gasteiger partial charge in [0.15, 0.2) is 0 Å². The van der Waals surface area contributed by atoms with Gasteiger partial charge in [-0.25, -0.2) is 13.4 Å². The Morgan fingerprint density at radius 1 is 1.29 bits per heavy atom. The van der Waals surface area contributed by atoms with Gasteiger partial charge in [0.05, 0.1) is 0 Å². The summed E-state index contributed by atoms with van der Waals surface area (Å²) in [5, 5.41) is 1.76. The van der Waals surface area contributed by atoms with Crippen molar-refractivity contribution in [1.82, 2.24) is 14.9 Å². The number of aromatic nitrogens is 2. The predicted octanol–water partition coefficient (Wildman–Crippen LogP) is 2.40. The van der Waals surface area contributed by atoms with Crippen LogP contribution in [0, 0.1) is 5.92 Å². The van der Waals surface area contributed by atoms with E-state index in [0.717, 1.165) is 25.0 Å². The Kier molecular flexibility index (Phi) is 5.73. The second kappa shape index (κ2) is 7.25. The van der Waals surface area contributed by atoms with E-state index >= 15 is 0 Å². The highest BCUT2D eigenvalue weighted by Crippen LogP contribution is 2.25. The summed E-state index contributed by atoms with van der Waals surface area (Å²) >= 11 is 0. The van der Waals surface area contributed by atoms with Crippen LogP contribution >= 0.6 is 0 Å². The van der Waals surface area contributed by atoms with E-state index in [-0.39, 0.29) is 17.1 Å². The summed E-state index contributed by atoms with van der Waals surface area (Å²) in [6.45, 7) is 7.51. The SMILES string of the molecule is CC(C)c1cnc(S(=O)(=O)C(C)C(=O)NC2CCCCC2C)n1C. The molecule has 6 nitrogen and oxygen atoms in total. The van der Waals surface area contributed by atoms with Gasteiger partial charge in [-0.2, -0.15) is 0 Å². The van der Waals surface area contributed by atoms with Crippen molar-refractivity contribution in [2.75, 3.05) is 0 Å². The number of imidazole rings is 1.